The van der Waals surface area contributed by atoms with Gasteiger partial charge in [0.2, 0.25) is 0 Å². The monoisotopic (exact) mass is 372 g/mol. The number of amides is 1. The van der Waals surface area contributed by atoms with Gasteiger partial charge in [0, 0.05) is 25.2 Å². The Kier molecular flexibility index (Phi) is 6.42. The smallest absolute Gasteiger partial charge is 0.251 e. The van der Waals surface area contributed by atoms with E-state index in [1.54, 1.807) is 6.07 Å². The van der Waals surface area contributed by atoms with Crippen molar-refractivity contribution in [3.8, 4) is 5.75 Å². The molecular formula is C21H25FN2O3. The van der Waals surface area contributed by atoms with Gasteiger partial charge in [0.15, 0.2) is 11.6 Å². The molecule has 1 aliphatic rings. The summed E-state index contributed by atoms with van der Waals surface area (Å²) in [4.78, 5) is 15.0. The van der Waals surface area contributed by atoms with E-state index in [9.17, 15) is 9.18 Å². The summed E-state index contributed by atoms with van der Waals surface area (Å²) in [5.41, 5.74) is 2.45. The molecule has 1 heterocycles. The maximum Gasteiger partial charge on any atom is 0.251 e. The predicted octanol–water partition coefficient (Wildman–Crippen LogP) is 2.95. The van der Waals surface area contributed by atoms with Gasteiger partial charge in [0.1, 0.15) is 0 Å². The van der Waals surface area contributed by atoms with Crippen molar-refractivity contribution >= 4 is 5.91 Å². The third kappa shape index (κ3) is 5.05. The van der Waals surface area contributed by atoms with Crippen LogP contribution < -0.4 is 10.1 Å². The van der Waals surface area contributed by atoms with Crippen LogP contribution in [0, 0.1) is 12.7 Å². The molecule has 1 saturated heterocycles. The van der Waals surface area contributed by atoms with Crippen LogP contribution in [0.1, 0.15) is 27.5 Å². The number of aryl methyl sites for hydroxylation is 1. The minimum absolute atomic E-state index is 0.120. The molecule has 0 aliphatic carbocycles. The normalized spacial score (nSPS) is 16.0. The fraction of sp³-hybridized carbons (Fsp3) is 0.381. The number of ether oxygens (including phenoxy) is 2. The molecule has 1 atom stereocenters. The molecule has 0 unspecified atom stereocenters. The van der Waals surface area contributed by atoms with Crippen LogP contribution in [-0.4, -0.2) is 50.8 Å². The van der Waals surface area contributed by atoms with Crippen LogP contribution in [-0.2, 0) is 4.74 Å². The summed E-state index contributed by atoms with van der Waals surface area (Å²) >= 11 is 0. The van der Waals surface area contributed by atoms with Gasteiger partial charge in [0.25, 0.3) is 5.91 Å². The maximum atomic E-state index is 14.0. The number of carbonyl (C=O) groups is 1. The lowest BCUT2D eigenvalue weighted by Crippen LogP contribution is -2.43. The SMILES string of the molecule is COc1ccc(C(=O)N[C@@H](CN2CCOCC2)c2ccc(C)cc2)cc1F. The average Bonchev–Trinajstić information content (AvgIpc) is 2.68. The van der Waals surface area contributed by atoms with E-state index in [4.69, 9.17) is 9.47 Å². The summed E-state index contributed by atoms with van der Waals surface area (Å²) in [6.45, 7) is 5.75. The minimum atomic E-state index is -0.551. The van der Waals surface area contributed by atoms with E-state index in [1.807, 2.05) is 31.2 Å². The fourth-order valence-corrected chi connectivity index (χ4v) is 3.12. The molecule has 2 aromatic carbocycles. The lowest BCUT2D eigenvalue weighted by atomic mass is 10.0. The highest BCUT2D eigenvalue weighted by molar-refractivity contribution is 5.94. The first kappa shape index (κ1) is 19.3. The highest BCUT2D eigenvalue weighted by atomic mass is 19.1. The Balaban J connectivity index is 1.78. The van der Waals surface area contributed by atoms with Gasteiger partial charge in [-0.15, -0.1) is 0 Å². The van der Waals surface area contributed by atoms with E-state index in [-0.39, 0.29) is 23.3 Å². The van der Waals surface area contributed by atoms with Crippen LogP contribution in [0.4, 0.5) is 4.39 Å². The van der Waals surface area contributed by atoms with Crippen molar-refractivity contribution in [3.05, 3.63) is 65.0 Å². The molecule has 6 heteroatoms. The topological polar surface area (TPSA) is 50.8 Å². The van der Waals surface area contributed by atoms with Crippen LogP contribution in [0.25, 0.3) is 0 Å². The number of carbonyl (C=O) groups excluding carboxylic acids is 1. The Morgan fingerprint density at radius 3 is 2.56 bits per heavy atom. The zero-order chi connectivity index (χ0) is 19.2. The number of nitrogens with one attached hydrogen (secondary N) is 1. The first-order valence-electron chi connectivity index (χ1n) is 9.08. The largest absolute Gasteiger partial charge is 0.494 e. The highest BCUT2D eigenvalue weighted by Gasteiger charge is 2.21. The molecule has 0 radical (unpaired) electrons. The number of hydrogen-bond donors (Lipinski definition) is 1. The van der Waals surface area contributed by atoms with Crippen LogP contribution in [0.2, 0.25) is 0 Å². The Labute approximate surface area is 159 Å². The molecule has 0 aromatic heterocycles. The number of benzene rings is 2. The lowest BCUT2D eigenvalue weighted by molar-refractivity contribution is 0.0332. The Hall–Kier alpha value is -2.44. The maximum absolute atomic E-state index is 14.0. The number of halogens is 1. The predicted molar refractivity (Wildman–Crippen MR) is 102 cm³/mol. The first-order chi connectivity index (χ1) is 13.1. The Morgan fingerprint density at radius 1 is 1.22 bits per heavy atom. The number of morpholine rings is 1. The number of nitrogens with zero attached hydrogens (tertiary/aromatic N) is 1. The van der Waals surface area contributed by atoms with E-state index in [0.29, 0.717) is 19.8 Å². The van der Waals surface area contributed by atoms with Gasteiger partial charge in [-0.3, -0.25) is 9.69 Å². The second-order valence-electron chi connectivity index (χ2n) is 6.70. The summed E-state index contributed by atoms with van der Waals surface area (Å²) < 4.78 is 24.3. The van der Waals surface area contributed by atoms with Gasteiger partial charge in [-0.25, -0.2) is 4.39 Å². The van der Waals surface area contributed by atoms with Crippen molar-refractivity contribution in [2.24, 2.45) is 0 Å². The Bertz CT molecular complexity index is 773. The molecule has 144 valence electrons. The molecule has 2 aromatic rings. The van der Waals surface area contributed by atoms with Crippen molar-refractivity contribution < 1.29 is 18.7 Å². The zero-order valence-corrected chi connectivity index (χ0v) is 15.7. The summed E-state index contributed by atoms with van der Waals surface area (Å²) in [6, 6.07) is 12.1. The van der Waals surface area contributed by atoms with Crippen molar-refractivity contribution in [1.82, 2.24) is 10.2 Å². The van der Waals surface area contributed by atoms with Gasteiger partial charge < -0.3 is 14.8 Å². The summed E-state index contributed by atoms with van der Waals surface area (Å²) in [5, 5.41) is 3.05. The van der Waals surface area contributed by atoms with Crippen LogP contribution in [0.3, 0.4) is 0 Å². The van der Waals surface area contributed by atoms with Gasteiger partial charge in [-0.05, 0) is 30.7 Å². The minimum Gasteiger partial charge on any atom is -0.494 e. The van der Waals surface area contributed by atoms with Crippen LogP contribution in [0.5, 0.6) is 5.75 Å². The van der Waals surface area contributed by atoms with Gasteiger partial charge in [0.05, 0.1) is 26.4 Å². The van der Waals surface area contributed by atoms with Crippen LogP contribution in [0.15, 0.2) is 42.5 Å². The molecule has 0 spiro atoms. The zero-order valence-electron chi connectivity index (χ0n) is 15.7. The van der Waals surface area contributed by atoms with Crippen LogP contribution >= 0.6 is 0 Å². The summed E-state index contributed by atoms with van der Waals surface area (Å²) in [5.74, 6) is -0.740. The molecule has 3 rings (SSSR count). The summed E-state index contributed by atoms with van der Waals surface area (Å²) in [6.07, 6.45) is 0. The van der Waals surface area contributed by atoms with Crippen molar-refractivity contribution in [2.45, 2.75) is 13.0 Å². The Morgan fingerprint density at radius 2 is 1.93 bits per heavy atom. The molecular weight excluding hydrogens is 347 g/mol. The molecule has 1 aliphatic heterocycles. The lowest BCUT2D eigenvalue weighted by Gasteiger charge is -2.31. The van der Waals surface area contributed by atoms with E-state index >= 15 is 0 Å². The van der Waals surface area contributed by atoms with Crippen molar-refractivity contribution in [3.63, 3.8) is 0 Å². The van der Waals surface area contributed by atoms with Gasteiger partial charge >= 0.3 is 0 Å². The van der Waals surface area contributed by atoms with E-state index in [0.717, 1.165) is 24.2 Å². The molecule has 0 bridgehead atoms. The number of rotatable bonds is 6. The highest BCUT2D eigenvalue weighted by Crippen LogP contribution is 2.20. The van der Waals surface area contributed by atoms with Gasteiger partial charge in [-0.2, -0.15) is 0 Å². The van der Waals surface area contributed by atoms with E-state index in [1.165, 1.54) is 19.2 Å². The van der Waals surface area contributed by atoms with Crippen molar-refractivity contribution in [1.29, 1.82) is 0 Å². The molecule has 0 saturated carbocycles. The molecule has 5 nitrogen and oxygen atoms in total. The fourth-order valence-electron chi connectivity index (χ4n) is 3.12. The quantitative estimate of drug-likeness (QED) is 0.847. The molecule has 27 heavy (non-hydrogen) atoms. The second-order valence-corrected chi connectivity index (χ2v) is 6.70. The third-order valence-corrected chi connectivity index (χ3v) is 4.74. The number of hydrogen-bond acceptors (Lipinski definition) is 4. The van der Waals surface area contributed by atoms with Crippen molar-refractivity contribution in [2.75, 3.05) is 40.0 Å². The molecule has 1 amide bonds. The van der Waals surface area contributed by atoms with E-state index < -0.39 is 5.82 Å². The van der Waals surface area contributed by atoms with E-state index in [2.05, 4.69) is 10.2 Å². The molecule has 1 N–H and O–H groups in total. The summed E-state index contributed by atoms with van der Waals surface area (Å²) in [7, 11) is 1.40. The van der Waals surface area contributed by atoms with Gasteiger partial charge in [-0.1, -0.05) is 29.8 Å². The standard InChI is InChI=1S/C21H25FN2O3/c1-15-3-5-16(6-4-15)19(14-24-9-11-27-12-10-24)23-21(25)17-7-8-20(26-2)18(22)13-17/h3-8,13,19H,9-12,14H2,1-2H3,(H,23,25)/t19-/m0/s1. The first-order valence-corrected chi connectivity index (χ1v) is 9.08. The average molecular weight is 372 g/mol. The third-order valence-electron chi connectivity index (χ3n) is 4.74. The molecule has 1 fully saturated rings. The second kappa shape index (κ2) is 8.97. The number of methoxy groups -OCH3 is 1.